The van der Waals surface area contributed by atoms with Crippen LogP contribution in [0.1, 0.15) is 44.0 Å². The smallest absolute Gasteiger partial charge is 0.311 e. The van der Waals surface area contributed by atoms with E-state index in [1.165, 1.54) is 0 Å². The van der Waals surface area contributed by atoms with Gasteiger partial charge in [-0.1, -0.05) is 20.8 Å². The normalized spacial score (nSPS) is 20.0. The molecule has 1 atom stereocenters. The van der Waals surface area contributed by atoms with E-state index in [1.54, 1.807) is 30.2 Å². The second-order valence-corrected chi connectivity index (χ2v) is 6.80. The van der Waals surface area contributed by atoms with Crippen molar-refractivity contribution in [2.45, 2.75) is 33.6 Å². The van der Waals surface area contributed by atoms with Crippen LogP contribution in [0, 0.1) is 11.3 Å². The number of ether oxygens (including phenoxy) is 2. The van der Waals surface area contributed by atoms with Crippen LogP contribution in [0.15, 0.2) is 18.2 Å². The van der Waals surface area contributed by atoms with E-state index < -0.39 is 11.4 Å². The molecule has 1 unspecified atom stereocenters. The zero-order valence-electron chi connectivity index (χ0n) is 15.4. The van der Waals surface area contributed by atoms with Gasteiger partial charge in [0.1, 0.15) is 11.5 Å². The molecule has 6 nitrogen and oxygen atoms in total. The summed E-state index contributed by atoms with van der Waals surface area (Å²) in [5.74, 6) is 0.0108. The predicted molar refractivity (Wildman–Crippen MR) is 94.2 cm³/mol. The summed E-state index contributed by atoms with van der Waals surface area (Å²) in [4.78, 5) is 26.4. The highest BCUT2D eigenvalue weighted by Gasteiger charge is 2.48. The Balaban J connectivity index is 2.27. The fourth-order valence-electron chi connectivity index (χ4n) is 3.21. The van der Waals surface area contributed by atoms with Gasteiger partial charge >= 0.3 is 5.97 Å². The van der Waals surface area contributed by atoms with Crippen LogP contribution in [-0.4, -0.2) is 48.7 Å². The Morgan fingerprint density at radius 3 is 2.60 bits per heavy atom. The van der Waals surface area contributed by atoms with Crippen molar-refractivity contribution in [2.24, 2.45) is 11.3 Å². The number of aliphatic carboxylic acids is 1. The number of nitrogens with zero attached hydrogens (tertiary/aromatic N) is 1. The minimum Gasteiger partial charge on any atom is -0.497 e. The van der Waals surface area contributed by atoms with Crippen molar-refractivity contribution in [3.05, 3.63) is 23.8 Å². The lowest BCUT2D eigenvalue weighted by Crippen LogP contribution is -2.40. The maximum Gasteiger partial charge on any atom is 0.311 e. The molecule has 6 heteroatoms. The monoisotopic (exact) mass is 349 g/mol. The third-order valence-corrected chi connectivity index (χ3v) is 5.00. The van der Waals surface area contributed by atoms with Crippen molar-refractivity contribution < 1.29 is 24.2 Å². The zero-order chi connectivity index (χ0) is 18.6. The van der Waals surface area contributed by atoms with E-state index >= 15 is 0 Å². The number of methoxy groups -OCH3 is 1. The van der Waals surface area contributed by atoms with E-state index in [1.807, 2.05) is 20.8 Å². The van der Waals surface area contributed by atoms with Gasteiger partial charge in [0.2, 0.25) is 0 Å². The summed E-state index contributed by atoms with van der Waals surface area (Å²) in [6.07, 6.45) is 1.29. The summed E-state index contributed by atoms with van der Waals surface area (Å²) in [7, 11) is 1.56. The lowest BCUT2D eigenvalue weighted by molar-refractivity contribution is -0.150. The third-order valence-electron chi connectivity index (χ3n) is 5.00. The number of carbonyl (C=O) groups excluding carboxylic acids is 1. The molecule has 1 aromatic carbocycles. The molecule has 0 bridgehead atoms. The van der Waals surface area contributed by atoms with E-state index in [-0.39, 0.29) is 18.4 Å². The molecule has 0 aliphatic carbocycles. The number of likely N-dealkylation sites (tertiary alicyclic amines) is 1. The molecule has 1 N–H and O–H groups in total. The number of hydrogen-bond acceptors (Lipinski definition) is 4. The molecule has 1 aromatic rings. The average molecular weight is 349 g/mol. The molecule has 1 heterocycles. The van der Waals surface area contributed by atoms with E-state index in [0.717, 1.165) is 6.42 Å². The summed E-state index contributed by atoms with van der Waals surface area (Å²) in [5.41, 5.74) is -0.439. The molecule has 0 spiro atoms. The maximum atomic E-state index is 13.0. The van der Waals surface area contributed by atoms with Gasteiger partial charge in [-0.15, -0.1) is 0 Å². The van der Waals surface area contributed by atoms with Gasteiger partial charge in [-0.2, -0.15) is 0 Å². The molecular weight excluding hydrogens is 322 g/mol. The Bertz CT molecular complexity index is 643. The second kappa shape index (κ2) is 7.76. The second-order valence-electron chi connectivity index (χ2n) is 6.80. The number of hydrogen-bond donors (Lipinski definition) is 1. The van der Waals surface area contributed by atoms with Crippen LogP contribution in [-0.2, 0) is 4.79 Å². The standard InChI is InChI=1S/C19H27NO5/c1-5-10-25-16-11-14(24-4)6-7-15(16)17(21)20-9-8-19(12-20,13(2)3)18(22)23/h6-7,11,13H,5,8-10,12H2,1-4H3,(H,22,23). The van der Waals surface area contributed by atoms with Crippen LogP contribution in [0.2, 0.25) is 0 Å². The van der Waals surface area contributed by atoms with Crippen molar-refractivity contribution in [2.75, 3.05) is 26.8 Å². The van der Waals surface area contributed by atoms with E-state index in [0.29, 0.717) is 36.6 Å². The van der Waals surface area contributed by atoms with Crippen LogP contribution < -0.4 is 9.47 Å². The van der Waals surface area contributed by atoms with Crippen molar-refractivity contribution in [1.29, 1.82) is 0 Å². The van der Waals surface area contributed by atoms with Gasteiger partial charge in [0, 0.05) is 19.2 Å². The van der Waals surface area contributed by atoms with Crippen LogP contribution in [0.5, 0.6) is 11.5 Å². The molecular formula is C19H27NO5. The highest BCUT2D eigenvalue weighted by atomic mass is 16.5. The molecule has 1 aliphatic heterocycles. The summed E-state index contributed by atoms with van der Waals surface area (Å²) < 4.78 is 10.9. The molecule has 1 aliphatic rings. The topological polar surface area (TPSA) is 76.1 Å². The Hall–Kier alpha value is -2.24. The molecule has 0 saturated carbocycles. The van der Waals surface area contributed by atoms with Crippen molar-refractivity contribution in [1.82, 2.24) is 4.90 Å². The molecule has 25 heavy (non-hydrogen) atoms. The van der Waals surface area contributed by atoms with Crippen LogP contribution in [0.3, 0.4) is 0 Å². The lowest BCUT2D eigenvalue weighted by Gasteiger charge is -2.28. The first-order chi connectivity index (χ1) is 11.9. The Morgan fingerprint density at radius 1 is 1.36 bits per heavy atom. The predicted octanol–water partition coefficient (Wildman–Crippen LogP) is 3.06. The van der Waals surface area contributed by atoms with Crippen molar-refractivity contribution in [3.8, 4) is 11.5 Å². The summed E-state index contributed by atoms with van der Waals surface area (Å²) >= 11 is 0. The number of amides is 1. The third kappa shape index (κ3) is 3.72. The van der Waals surface area contributed by atoms with Crippen LogP contribution >= 0.6 is 0 Å². The van der Waals surface area contributed by atoms with Crippen LogP contribution in [0.25, 0.3) is 0 Å². The number of carboxylic acids is 1. The number of carboxylic acid groups (broad SMARTS) is 1. The molecule has 0 aromatic heterocycles. The first-order valence-corrected chi connectivity index (χ1v) is 8.69. The fourth-order valence-corrected chi connectivity index (χ4v) is 3.21. The van der Waals surface area contributed by atoms with E-state index in [4.69, 9.17) is 9.47 Å². The SMILES string of the molecule is CCCOc1cc(OC)ccc1C(=O)N1CCC(C(=O)O)(C(C)C)C1. The Kier molecular flexibility index (Phi) is 5.93. The van der Waals surface area contributed by atoms with Gasteiger partial charge in [0.25, 0.3) is 5.91 Å². The summed E-state index contributed by atoms with van der Waals surface area (Å²) in [5, 5.41) is 9.66. The lowest BCUT2D eigenvalue weighted by atomic mass is 9.76. The highest BCUT2D eigenvalue weighted by molar-refractivity contribution is 5.98. The number of rotatable bonds is 7. The molecule has 1 saturated heterocycles. The largest absolute Gasteiger partial charge is 0.497 e. The number of benzene rings is 1. The van der Waals surface area contributed by atoms with E-state index in [2.05, 4.69) is 0 Å². The van der Waals surface area contributed by atoms with Crippen LogP contribution in [0.4, 0.5) is 0 Å². The first kappa shape index (κ1) is 19.1. The van der Waals surface area contributed by atoms with Crippen molar-refractivity contribution in [3.63, 3.8) is 0 Å². The van der Waals surface area contributed by atoms with Gasteiger partial charge in [-0.3, -0.25) is 9.59 Å². The highest BCUT2D eigenvalue weighted by Crippen LogP contribution is 2.39. The molecule has 2 rings (SSSR count). The summed E-state index contributed by atoms with van der Waals surface area (Å²) in [6.45, 7) is 6.93. The Morgan fingerprint density at radius 2 is 2.08 bits per heavy atom. The quantitative estimate of drug-likeness (QED) is 0.819. The summed E-state index contributed by atoms with van der Waals surface area (Å²) in [6, 6.07) is 5.10. The average Bonchev–Trinajstić information content (AvgIpc) is 3.06. The van der Waals surface area contributed by atoms with Gasteiger partial charge in [-0.25, -0.2) is 0 Å². The first-order valence-electron chi connectivity index (χ1n) is 8.69. The Labute approximate surface area is 148 Å². The van der Waals surface area contributed by atoms with Gasteiger partial charge in [0.15, 0.2) is 0 Å². The van der Waals surface area contributed by atoms with Crippen molar-refractivity contribution >= 4 is 11.9 Å². The van der Waals surface area contributed by atoms with Gasteiger partial charge in [0.05, 0.1) is 24.7 Å². The molecule has 0 radical (unpaired) electrons. The molecule has 138 valence electrons. The molecule has 1 fully saturated rings. The minimum absolute atomic E-state index is 0.0468. The maximum absolute atomic E-state index is 13.0. The zero-order valence-corrected chi connectivity index (χ0v) is 15.4. The molecule has 1 amide bonds. The van der Waals surface area contributed by atoms with Gasteiger partial charge < -0.3 is 19.5 Å². The minimum atomic E-state index is -0.882. The van der Waals surface area contributed by atoms with Gasteiger partial charge in [-0.05, 0) is 30.9 Å². The number of carbonyl (C=O) groups is 2. The fraction of sp³-hybridized carbons (Fsp3) is 0.579. The van der Waals surface area contributed by atoms with E-state index in [9.17, 15) is 14.7 Å².